The Morgan fingerprint density at radius 1 is 1.33 bits per heavy atom. The van der Waals surface area contributed by atoms with Crippen molar-refractivity contribution in [3.63, 3.8) is 0 Å². The number of esters is 1. The molecular formula is C16H18N2O3. The van der Waals surface area contributed by atoms with Gasteiger partial charge in [-0.25, -0.2) is 0 Å². The van der Waals surface area contributed by atoms with Gasteiger partial charge < -0.3 is 14.6 Å². The van der Waals surface area contributed by atoms with Gasteiger partial charge in [0.15, 0.2) is 0 Å². The number of carbonyl (C=O) groups is 2. The van der Waals surface area contributed by atoms with Crippen LogP contribution in [-0.4, -0.2) is 34.9 Å². The molecule has 0 aliphatic carbocycles. The van der Waals surface area contributed by atoms with E-state index in [-0.39, 0.29) is 24.5 Å². The smallest absolute Gasteiger partial charge is 0.302 e. The summed E-state index contributed by atoms with van der Waals surface area (Å²) in [4.78, 5) is 28.1. The molecule has 1 atom stereocenters. The minimum Gasteiger partial charge on any atom is -0.463 e. The van der Waals surface area contributed by atoms with Crippen LogP contribution in [0.3, 0.4) is 0 Å². The molecule has 1 amide bonds. The lowest BCUT2D eigenvalue weighted by molar-refractivity contribution is -0.146. The number of carbonyl (C=O) groups excluding carboxylic acids is 2. The fourth-order valence-electron chi connectivity index (χ4n) is 3.07. The van der Waals surface area contributed by atoms with Crippen LogP contribution in [-0.2, 0) is 20.7 Å². The molecule has 110 valence electrons. The van der Waals surface area contributed by atoms with Crippen LogP contribution < -0.4 is 0 Å². The summed E-state index contributed by atoms with van der Waals surface area (Å²) in [6.07, 6.45) is 0.815. The molecule has 0 fully saturated rings. The summed E-state index contributed by atoms with van der Waals surface area (Å²) in [6, 6.07) is 7.86. The van der Waals surface area contributed by atoms with Gasteiger partial charge in [0.05, 0.1) is 0 Å². The molecule has 1 unspecified atom stereocenters. The van der Waals surface area contributed by atoms with Crippen molar-refractivity contribution in [2.45, 2.75) is 26.3 Å². The molecular weight excluding hydrogens is 268 g/mol. The maximum atomic E-state index is 11.9. The highest BCUT2D eigenvalue weighted by molar-refractivity contribution is 5.86. The summed E-state index contributed by atoms with van der Waals surface area (Å²) >= 11 is 0. The van der Waals surface area contributed by atoms with Crippen molar-refractivity contribution in [2.24, 2.45) is 0 Å². The largest absolute Gasteiger partial charge is 0.463 e. The first-order valence-corrected chi connectivity index (χ1v) is 7.08. The number of hydrogen-bond donors (Lipinski definition) is 1. The molecule has 1 aliphatic rings. The monoisotopic (exact) mass is 286 g/mol. The number of para-hydroxylation sites is 1. The summed E-state index contributed by atoms with van der Waals surface area (Å²) < 4.78 is 5.16. The fourth-order valence-corrected chi connectivity index (χ4v) is 3.07. The second-order valence-electron chi connectivity index (χ2n) is 5.34. The van der Waals surface area contributed by atoms with Crippen LogP contribution in [0.4, 0.5) is 0 Å². The molecule has 1 N–H and O–H groups in total. The first-order chi connectivity index (χ1) is 10.1. The molecule has 0 radical (unpaired) electrons. The number of ether oxygens (including phenoxy) is 1. The molecule has 0 saturated carbocycles. The van der Waals surface area contributed by atoms with Gasteiger partial charge in [0.2, 0.25) is 5.91 Å². The SMILES string of the molecule is CC(=O)OCC1c2[nH]c3ccccc3c2CCN1C(C)=O. The van der Waals surface area contributed by atoms with Crippen LogP contribution >= 0.6 is 0 Å². The normalized spacial score (nSPS) is 17.6. The second kappa shape index (κ2) is 5.24. The standard InChI is InChI=1S/C16H18N2O3/c1-10(19)18-8-7-13-12-5-3-4-6-14(12)17-16(13)15(18)9-21-11(2)20/h3-6,15,17H,7-9H2,1-2H3. The van der Waals surface area contributed by atoms with E-state index >= 15 is 0 Å². The third-order valence-corrected chi connectivity index (χ3v) is 4.01. The third kappa shape index (κ3) is 2.39. The molecule has 2 heterocycles. The molecule has 0 bridgehead atoms. The van der Waals surface area contributed by atoms with Gasteiger partial charge in [0.25, 0.3) is 0 Å². The van der Waals surface area contributed by atoms with Gasteiger partial charge in [0.1, 0.15) is 12.6 Å². The quantitative estimate of drug-likeness (QED) is 0.861. The fraction of sp³-hybridized carbons (Fsp3) is 0.375. The molecule has 1 aliphatic heterocycles. The zero-order chi connectivity index (χ0) is 15.0. The summed E-state index contributed by atoms with van der Waals surface area (Å²) in [5.41, 5.74) is 3.26. The molecule has 2 aromatic rings. The van der Waals surface area contributed by atoms with Gasteiger partial charge in [0, 0.05) is 37.0 Å². The number of hydrogen-bond acceptors (Lipinski definition) is 3. The van der Waals surface area contributed by atoms with Crippen molar-refractivity contribution in [1.82, 2.24) is 9.88 Å². The van der Waals surface area contributed by atoms with Crippen LogP contribution in [0.2, 0.25) is 0 Å². The Morgan fingerprint density at radius 2 is 2.10 bits per heavy atom. The van der Waals surface area contributed by atoms with Gasteiger partial charge in [-0.3, -0.25) is 9.59 Å². The number of nitrogens with zero attached hydrogens (tertiary/aromatic N) is 1. The summed E-state index contributed by atoms with van der Waals surface area (Å²) in [5.74, 6) is -0.335. The molecule has 0 spiro atoms. The van der Waals surface area contributed by atoms with Crippen molar-refractivity contribution in [1.29, 1.82) is 0 Å². The maximum absolute atomic E-state index is 11.9. The van der Waals surface area contributed by atoms with Crippen molar-refractivity contribution >= 4 is 22.8 Å². The van der Waals surface area contributed by atoms with E-state index in [2.05, 4.69) is 11.1 Å². The minimum atomic E-state index is -0.332. The van der Waals surface area contributed by atoms with E-state index in [1.54, 1.807) is 11.8 Å². The summed E-state index contributed by atoms with van der Waals surface area (Å²) in [6.45, 7) is 3.77. The van der Waals surface area contributed by atoms with Gasteiger partial charge in [-0.2, -0.15) is 0 Å². The van der Waals surface area contributed by atoms with Crippen molar-refractivity contribution < 1.29 is 14.3 Å². The lowest BCUT2D eigenvalue weighted by atomic mass is 9.97. The van der Waals surface area contributed by atoms with Gasteiger partial charge in [-0.1, -0.05) is 18.2 Å². The van der Waals surface area contributed by atoms with E-state index in [0.29, 0.717) is 6.54 Å². The average Bonchev–Trinajstić information content (AvgIpc) is 2.83. The number of H-pyrrole nitrogens is 1. The lowest BCUT2D eigenvalue weighted by Crippen LogP contribution is -2.41. The number of nitrogens with one attached hydrogen (secondary N) is 1. The Kier molecular flexibility index (Phi) is 3.41. The van der Waals surface area contributed by atoms with Crippen LogP contribution in [0.25, 0.3) is 10.9 Å². The van der Waals surface area contributed by atoms with Crippen LogP contribution in [0.5, 0.6) is 0 Å². The average molecular weight is 286 g/mol. The topological polar surface area (TPSA) is 62.4 Å². The Hall–Kier alpha value is -2.30. The first-order valence-electron chi connectivity index (χ1n) is 7.08. The number of fused-ring (bicyclic) bond motifs is 3. The van der Waals surface area contributed by atoms with E-state index in [4.69, 9.17) is 4.74 Å². The first kappa shape index (κ1) is 13.7. The Morgan fingerprint density at radius 3 is 2.81 bits per heavy atom. The molecule has 5 heteroatoms. The van der Waals surface area contributed by atoms with Crippen LogP contribution in [0.1, 0.15) is 31.1 Å². The van der Waals surface area contributed by atoms with E-state index in [1.165, 1.54) is 17.9 Å². The van der Waals surface area contributed by atoms with Crippen molar-refractivity contribution in [3.8, 4) is 0 Å². The number of aromatic nitrogens is 1. The van der Waals surface area contributed by atoms with Crippen LogP contribution in [0, 0.1) is 0 Å². The zero-order valence-corrected chi connectivity index (χ0v) is 12.2. The highest BCUT2D eigenvalue weighted by Crippen LogP contribution is 2.34. The number of aromatic amines is 1. The molecule has 3 rings (SSSR count). The number of benzene rings is 1. The second-order valence-corrected chi connectivity index (χ2v) is 5.34. The van der Waals surface area contributed by atoms with Crippen LogP contribution in [0.15, 0.2) is 24.3 Å². The maximum Gasteiger partial charge on any atom is 0.302 e. The molecule has 1 aromatic carbocycles. The number of amides is 1. The van der Waals surface area contributed by atoms with Gasteiger partial charge >= 0.3 is 5.97 Å². The zero-order valence-electron chi connectivity index (χ0n) is 12.2. The van der Waals surface area contributed by atoms with E-state index in [9.17, 15) is 9.59 Å². The highest BCUT2D eigenvalue weighted by Gasteiger charge is 2.32. The van der Waals surface area contributed by atoms with Gasteiger partial charge in [-0.05, 0) is 18.1 Å². The Bertz CT molecular complexity index is 705. The Labute approximate surface area is 122 Å². The molecule has 1 aromatic heterocycles. The third-order valence-electron chi connectivity index (χ3n) is 4.01. The number of rotatable bonds is 2. The molecule has 21 heavy (non-hydrogen) atoms. The predicted molar refractivity (Wildman–Crippen MR) is 78.8 cm³/mol. The van der Waals surface area contributed by atoms with E-state index in [1.807, 2.05) is 18.2 Å². The van der Waals surface area contributed by atoms with Gasteiger partial charge in [-0.15, -0.1) is 0 Å². The van der Waals surface area contributed by atoms with Crippen molar-refractivity contribution in [2.75, 3.05) is 13.2 Å². The van der Waals surface area contributed by atoms with Crippen molar-refractivity contribution in [3.05, 3.63) is 35.5 Å². The predicted octanol–water partition coefficient (Wildman–Crippen LogP) is 2.18. The van der Waals surface area contributed by atoms with E-state index < -0.39 is 0 Å². The Balaban J connectivity index is 2.04. The molecule has 5 nitrogen and oxygen atoms in total. The highest BCUT2D eigenvalue weighted by atomic mass is 16.5. The summed E-state index contributed by atoms with van der Waals surface area (Å²) in [7, 11) is 0. The molecule has 0 saturated heterocycles. The van der Waals surface area contributed by atoms with E-state index in [0.717, 1.165) is 17.6 Å². The summed E-state index contributed by atoms with van der Waals surface area (Å²) in [5, 5.41) is 1.18. The minimum absolute atomic E-state index is 0.00328. The lowest BCUT2D eigenvalue weighted by Gasteiger charge is -2.34.